The standard InChI is InChI=1S/C14H20Cl3NO6/c1-12(2)19-5-6-7(22-12)8-9(24-13(3,4)23-8)10(20-6)21-11(18)14(15,16)17/h6-10,18H,5H2,1-4H3/t6?,7-,8?,9?,10-/m1/s1. The van der Waals surface area contributed by atoms with E-state index in [4.69, 9.17) is 68.6 Å². The Balaban J connectivity index is 1.82. The molecule has 5 atom stereocenters. The predicted octanol–water partition coefficient (Wildman–Crippen LogP) is 2.75. The summed E-state index contributed by atoms with van der Waals surface area (Å²) in [7, 11) is 0. The third-order valence-corrected chi connectivity index (χ3v) is 4.45. The smallest absolute Gasteiger partial charge is 0.265 e. The van der Waals surface area contributed by atoms with Crippen LogP contribution < -0.4 is 0 Å². The van der Waals surface area contributed by atoms with E-state index in [-0.39, 0.29) is 6.61 Å². The lowest BCUT2D eigenvalue weighted by atomic mass is 9.97. The normalized spacial score (nSPS) is 40.5. The number of rotatable bonds is 1. The van der Waals surface area contributed by atoms with Crippen LogP contribution >= 0.6 is 34.8 Å². The molecular formula is C14H20Cl3NO6. The van der Waals surface area contributed by atoms with Crippen molar-refractivity contribution in [2.24, 2.45) is 0 Å². The Labute approximate surface area is 155 Å². The van der Waals surface area contributed by atoms with E-state index in [9.17, 15) is 0 Å². The highest BCUT2D eigenvalue weighted by Gasteiger charge is 2.59. The van der Waals surface area contributed by atoms with E-state index >= 15 is 0 Å². The molecule has 0 aliphatic carbocycles. The minimum Gasteiger partial charge on any atom is -0.445 e. The van der Waals surface area contributed by atoms with Gasteiger partial charge in [-0.25, -0.2) is 0 Å². The van der Waals surface area contributed by atoms with Crippen molar-refractivity contribution in [1.82, 2.24) is 0 Å². The fourth-order valence-electron chi connectivity index (χ4n) is 3.02. The van der Waals surface area contributed by atoms with Gasteiger partial charge in [0.1, 0.15) is 18.3 Å². The minimum absolute atomic E-state index is 0.283. The highest BCUT2D eigenvalue weighted by molar-refractivity contribution is 6.76. The monoisotopic (exact) mass is 403 g/mol. The Kier molecular flexibility index (Phi) is 4.80. The Morgan fingerprint density at radius 2 is 1.58 bits per heavy atom. The summed E-state index contributed by atoms with van der Waals surface area (Å²) >= 11 is 17.0. The molecule has 3 fully saturated rings. The minimum atomic E-state index is -1.99. The molecule has 0 amide bonds. The maximum atomic E-state index is 7.76. The molecule has 0 bridgehead atoms. The largest absolute Gasteiger partial charge is 0.445 e. The number of hydrogen-bond donors (Lipinski definition) is 1. The van der Waals surface area contributed by atoms with E-state index in [1.54, 1.807) is 13.8 Å². The molecule has 138 valence electrons. The van der Waals surface area contributed by atoms with Gasteiger partial charge in [0.2, 0.25) is 12.2 Å². The first-order valence-electron chi connectivity index (χ1n) is 7.53. The Morgan fingerprint density at radius 1 is 1.00 bits per heavy atom. The van der Waals surface area contributed by atoms with Gasteiger partial charge in [0.25, 0.3) is 3.79 Å². The number of nitrogens with one attached hydrogen (secondary N) is 1. The van der Waals surface area contributed by atoms with E-state index in [1.165, 1.54) is 0 Å². The molecule has 7 nitrogen and oxygen atoms in total. The topological polar surface area (TPSA) is 79.2 Å². The third-order valence-electron chi connectivity index (χ3n) is 3.94. The molecule has 3 rings (SSSR count). The summed E-state index contributed by atoms with van der Waals surface area (Å²) in [5, 5.41) is 7.76. The van der Waals surface area contributed by atoms with Crippen molar-refractivity contribution in [3.05, 3.63) is 0 Å². The highest BCUT2D eigenvalue weighted by Crippen LogP contribution is 2.42. The van der Waals surface area contributed by atoms with Gasteiger partial charge in [0, 0.05) is 0 Å². The Bertz CT molecular complexity index is 523. The van der Waals surface area contributed by atoms with Crippen LogP contribution in [0.5, 0.6) is 0 Å². The Morgan fingerprint density at radius 3 is 2.21 bits per heavy atom. The first-order valence-corrected chi connectivity index (χ1v) is 8.67. The lowest BCUT2D eigenvalue weighted by Crippen LogP contribution is -2.64. The zero-order valence-corrected chi connectivity index (χ0v) is 15.9. The van der Waals surface area contributed by atoms with E-state index in [0.29, 0.717) is 0 Å². The van der Waals surface area contributed by atoms with Crippen LogP contribution in [0.3, 0.4) is 0 Å². The van der Waals surface area contributed by atoms with Crippen molar-refractivity contribution in [2.45, 2.75) is 73.8 Å². The van der Waals surface area contributed by atoms with E-state index in [0.717, 1.165) is 0 Å². The first kappa shape index (κ1) is 18.9. The van der Waals surface area contributed by atoms with E-state index in [2.05, 4.69) is 0 Å². The molecule has 3 heterocycles. The maximum absolute atomic E-state index is 7.76. The summed E-state index contributed by atoms with van der Waals surface area (Å²) in [5.74, 6) is -2.17. The van der Waals surface area contributed by atoms with Gasteiger partial charge in [0.15, 0.2) is 17.7 Å². The van der Waals surface area contributed by atoms with Gasteiger partial charge in [0.05, 0.1) is 6.61 Å². The SMILES string of the molecule is CC1(C)OC2C(O1)[C@@H]1OC(C)(C)OCC1O[C@@H]2OC(=N)C(Cl)(Cl)Cl. The molecule has 3 unspecified atom stereocenters. The molecule has 0 spiro atoms. The van der Waals surface area contributed by atoms with Crippen LogP contribution in [0.25, 0.3) is 0 Å². The second kappa shape index (κ2) is 6.09. The van der Waals surface area contributed by atoms with Crippen molar-refractivity contribution >= 4 is 40.7 Å². The number of hydrogen-bond acceptors (Lipinski definition) is 7. The van der Waals surface area contributed by atoms with Crippen LogP contribution in [0.1, 0.15) is 27.7 Å². The number of halogens is 3. The van der Waals surface area contributed by atoms with Crippen molar-refractivity contribution in [1.29, 1.82) is 5.41 Å². The summed E-state index contributed by atoms with van der Waals surface area (Å²) in [6, 6.07) is 0. The number of ether oxygens (including phenoxy) is 6. The molecule has 0 saturated carbocycles. The van der Waals surface area contributed by atoms with Gasteiger partial charge < -0.3 is 28.4 Å². The van der Waals surface area contributed by atoms with Gasteiger partial charge in [-0.3, -0.25) is 5.41 Å². The Hall–Kier alpha value is 0.140. The number of fused-ring (bicyclic) bond motifs is 3. The van der Waals surface area contributed by atoms with Gasteiger partial charge >= 0.3 is 0 Å². The lowest BCUT2D eigenvalue weighted by Gasteiger charge is -2.48. The molecule has 3 saturated heterocycles. The average molecular weight is 405 g/mol. The molecule has 0 radical (unpaired) electrons. The second-order valence-corrected chi connectivity index (χ2v) is 9.13. The molecule has 3 aliphatic heterocycles. The average Bonchev–Trinajstić information content (AvgIpc) is 2.74. The molecule has 0 aromatic carbocycles. The van der Waals surface area contributed by atoms with Crippen LogP contribution in [0, 0.1) is 5.41 Å². The first-order chi connectivity index (χ1) is 10.9. The summed E-state index contributed by atoms with van der Waals surface area (Å²) < 4.78 is 32.7. The highest BCUT2D eigenvalue weighted by atomic mass is 35.6. The third kappa shape index (κ3) is 3.78. The number of alkyl halides is 3. The molecular weight excluding hydrogens is 385 g/mol. The van der Waals surface area contributed by atoms with Crippen LogP contribution in [-0.4, -0.2) is 58.6 Å². The van der Waals surface area contributed by atoms with E-state index < -0.39 is 52.0 Å². The molecule has 10 heteroatoms. The molecule has 0 aromatic rings. The summed E-state index contributed by atoms with van der Waals surface area (Å²) in [6.07, 6.45) is -2.93. The van der Waals surface area contributed by atoms with Crippen molar-refractivity contribution in [3.8, 4) is 0 Å². The van der Waals surface area contributed by atoms with Crippen LogP contribution in [0.4, 0.5) is 0 Å². The van der Waals surface area contributed by atoms with Gasteiger partial charge in [-0.2, -0.15) is 0 Å². The summed E-state index contributed by atoms with van der Waals surface area (Å²) in [5.41, 5.74) is 0. The quantitative estimate of drug-likeness (QED) is 0.411. The fraction of sp³-hybridized carbons (Fsp3) is 0.929. The van der Waals surface area contributed by atoms with Crippen molar-refractivity contribution in [2.75, 3.05) is 6.61 Å². The predicted molar refractivity (Wildman–Crippen MR) is 86.5 cm³/mol. The van der Waals surface area contributed by atoms with Gasteiger partial charge in [-0.05, 0) is 27.7 Å². The molecule has 0 aromatic heterocycles. The zero-order chi connectivity index (χ0) is 17.9. The summed E-state index contributed by atoms with van der Waals surface area (Å²) in [6.45, 7) is 7.48. The van der Waals surface area contributed by atoms with Crippen LogP contribution in [-0.2, 0) is 28.4 Å². The van der Waals surface area contributed by atoms with Crippen molar-refractivity contribution in [3.63, 3.8) is 0 Å². The molecule has 3 aliphatic rings. The summed E-state index contributed by atoms with van der Waals surface area (Å²) in [4.78, 5) is 0. The van der Waals surface area contributed by atoms with Crippen molar-refractivity contribution < 1.29 is 28.4 Å². The molecule has 1 N–H and O–H groups in total. The zero-order valence-electron chi connectivity index (χ0n) is 13.7. The van der Waals surface area contributed by atoms with Crippen LogP contribution in [0.2, 0.25) is 0 Å². The fourth-order valence-corrected chi connectivity index (χ4v) is 3.15. The molecule has 24 heavy (non-hydrogen) atoms. The maximum Gasteiger partial charge on any atom is 0.265 e. The van der Waals surface area contributed by atoms with Gasteiger partial charge in [-0.15, -0.1) is 0 Å². The lowest BCUT2D eigenvalue weighted by molar-refractivity contribution is -0.363. The van der Waals surface area contributed by atoms with Crippen LogP contribution in [0.15, 0.2) is 0 Å². The van der Waals surface area contributed by atoms with Gasteiger partial charge in [-0.1, -0.05) is 34.8 Å². The van der Waals surface area contributed by atoms with E-state index in [1.807, 2.05) is 13.8 Å². The second-order valence-electron chi connectivity index (χ2n) is 6.85.